The number of alkyl halides is 3. The van der Waals surface area contributed by atoms with Gasteiger partial charge in [0.15, 0.2) is 0 Å². The molecule has 3 rings (SSSR count). The molecule has 0 fully saturated rings. The Balaban J connectivity index is 2.20. The highest BCUT2D eigenvalue weighted by atomic mass is 35.5. The third-order valence-electron chi connectivity index (χ3n) is 3.32. The van der Waals surface area contributed by atoms with Crippen molar-refractivity contribution in [2.24, 2.45) is 9.98 Å². The molecule has 0 saturated heterocycles. The molecule has 0 aromatic heterocycles. The van der Waals surface area contributed by atoms with E-state index in [0.717, 1.165) is 0 Å². The molecule has 2 aromatic rings. The van der Waals surface area contributed by atoms with Crippen LogP contribution in [0.25, 0.3) is 0 Å². The predicted octanol–water partition coefficient (Wildman–Crippen LogP) is 5.20. The Morgan fingerprint density at radius 1 is 1.00 bits per heavy atom. The Bertz CT molecular complexity index is 828. The number of benzene rings is 2. The number of aromatic hydroxyl groups is 1. The van der Waals surface area contributed by atoms with Crippen LogP contribution in [-0.2, 0) is 0 Å². The SMILES string of the molecule is Oc1ccc(Cl)cc1C1=Nc2ccccc2N=C(C(F)(F)F)C1. The lowest BCUT2D eigenvalue weighted by molar-refractivity contribution is -0.0596. The Hall–Kier alpha value is -2.34. The first-order valence-corrected chi connectivity index (χ1v) is 7.02. The number of aliphatic imine (C=N–C) groups is 2. The van der Waals surface area contributed by atoms with Crippen LogP contribution in [0.15, 0.2) is 52.4 Å². The first kappa shape index (κ1) is 15.6. The molecule has 0 bridgehead atoms. The minimum atomic E-state index is -4.59. The minimum Gasteiger partial charge on any atom is -0.507 e. The average molecular weight is 339 g/mol. The molecule has 7 heteroatoms. The number of phenolic OH excluding ortho intramolecular Hbond substituents is 1. The average Bonchev–Trinajstić information content (AvgIpc) is 2.68. The van der Waals surface area contributed by atoms with Gasteiger partial charge in [-0.25, -0.2) is 4.99 Å². The number of nitrogens with zero attached hydrogens (tertiary/aromatic N) is 2. The summed E-state index contributed by atoms with van der Waals surface area (Å²) >= 11 is 5.88. The Labute approximate surface area is 134 Å². The lowest BCUT2D eigenvalue weighted by atomic mass is 10.0. The van der Waals surface area contributed by atoms with Gasteiger partial charge in [-0.15, -0.1) is 0 Å². The summed E-state index contributed by atoms with van der Waals surface area (Å²) in [5.74, 6) is -0.186. The van der Waals surface area contributed by atoms with E-state index in [4.69, 9.17) is 11.6 Å². The Morgan fingerprint density at radius 2 is 1.65 bits per heavy atom. The van der Waals surface area contributed by atoms with E-state index in [1.165, 1.54) is 24.3 Å². The molecule has 1 heterocycles. The number of rotatable bonds is 1. The van der Waals surface area contributed by atoms with Crippen LogP contribution in [-0.4, -0.2) is 22.7 Å². The van der Waals surface area contributed by atoms with Crippen molar-refractivity contribution in [1.29, 1.82) is 0 Å². The number of fused-ring (bicyclic) bond motifs is 1. The fourth-order valence-corrected chi connectivity index (χ4v) is 2.41. The number of phenols is 1. The standard InChI is InChI=1S/C16H10ClF3N2O/c17-9-5-6-14(23)10(7-9)13-8-15(16(18,19)20)22-12-4-2-1-3-11(12)21-13/h1-7,23H,8H2. The molecule has 0 spiro atoms. The summed E-state index contributed by atoms with van der Waals surface area (Å²) in [5.41, 5.74) is -0.310. The van der Waals surface area contributed by atoms with Gasteiger partial charge in [0.2, 0.25) is 0 Å². The van der Waals surface area contributed by atoms with Crippen LogP contribution in [0.2, 0.25) is 5.02 Å². The molecular formula is C16H10ClF3N2O. The number of hydrogen-bond acceptors (Lipinski definition) is 3. The lowest BCUT2D eigenvalue weighted by Gasteiger charge is -2.11. The smallest absolute Gasteiger partial charge is 0.429 e. The van der Waals surface area contributed by atoms with Gasteiger partial charge in [0, 0.05) is 17.0 Å². The van der Waals surface area contributed by atoms with Crippen molar-refractivity contribution in [2.45, 2.75) is 12.6 Å². The molecular weight excluding hydrogens is 329 g/mol. The zero-order valence-electron chi connectivity index (χ0n) is 11.6. The molecule has 3 nitrogen and oxygen atoms in total. The van der Waals surface area contributed by atoms with Crippen LogP contribution in [0, 0.1) is 0 Å². The zero-order valence-corrected chi connectivity index (χ0v) is 12.4. The van der Waals surface area contributed by atoms with Crippen molar-refractivity contribution >= 4 is 34.4 Å². The molecule has 0 amide bonds. The second-order valence-corrected chi connectivity index (χ2v) is 5.38. The summed E-state index contributed by atoms with van der Waals surface area (Å²) in [6.07, 6.45) is -5.14. The Morgan fingerprint density at radius 3 is 2.30 bits per heavy atom. The molecule has 1 aliphatic rings. The van der Waals surface area contributed by atoms with Crippen LogP contribution >= 0.6 is 11.6 Å². The van der Waals surface area contributed by atoms with Crippen LogP contribution in [0.1, 0.15) is 12.0 Å². The Kier molecular flexibility index (Phi) is 3.85. The van der Waals surface area contributed by atoms with Crippen LogP contribution < -0.4 is 0 Å². The molecule has 1 N–H and O–H groups in total. The van der Waals surface area contributed by atoms with Crippen molar-refractivity contribution in [1.82, 2.24) is 0 Å². The lowest BCUT2D eigenvalue weighted by Crippen LogP contribution is -2.25. The minimum absolute atomic E-state index is 0.0611. The summed E-state index contributed by atoms with van der Waals surface area (Å²) in [5, 5.41) is 10.3. The maximum atomic E-state index is 13.2. The monoisotopic (exact) mass is 338 g/mol. The third kappa shape index (κ3) is 3.22. The highest BCUT2D eigenvalue weighted by molar-refractivity contribution is 6.31. The highest BCUT2D eigenvalue weighted by Gasteiger charge is 2.37. The van der Waals surface area contributed by atoms with E-state index in [-0.39, 0.29) is 22.7 Å². The van der Waals surface area contributed by atoms with E-state index in [1.807, 2.05) is 0 Å². The topological polar surface area (TPSA) is 45.0 Å². The summed E-state index contributed by atoms with van der Waals surface area (Å²) in [7, 11) is 0. The fourth-order valence-electron chi connectivity index (χ4n) is 2.24. The van der Waals surface area contributed by atoms with E-state index in [1.54, 1.807) is 18.2 Å². The van der Waals surface area contributed by atoms with E-state index < -0.39 is 18.3 Å². The van der Waals surface area contributed by atoms with Gasteiger partial charge in [0.25, 0.3) is 0 Å². The van der Waals surface area contributed by atoms with Gasteiger partial charge >= 0.3 is 6.18 Å². The van der Waals surface area contributed by atoms with Crippen LogP contribution in [0.5, 0.6) is 5.75 Å². The van der Waals surface area contributed by atoms with E-state index in [0.29, 0.717) is 10.7 Å². The van der Waals surface area contributed by atoms with Gasteiger partial charge in [-0.1, -0.05) is 23.7 Å². The number of hydrogen-bond donors (Lipinski definition) is 1. The van der Waals surface area contributed by atoms with E-state index in [2.05, 4.69) is 9.98 Å². The molecule has 23 heavy (non-hydrogen) atoms. The molecule has 118 valence electrons. The van der Waals surface area contributed by atoms with Gasteiger partial charge in [0.1, 0.15) is 11.5 Å². The van der Waals surface area contributed by atoms with Gasteiger partial charge in [0.05, 0.1) is 17.1 Å². The van der Waals surface area contributed by atoms with Crippen molar-refractivity contribution in [3.63, 3.8) is 0 Å². The van der Waals surface area contributed by atoms with Crippen molar-refractivity contribution in [3.8, 4) is 5.75 Å². The van der Waals surface area contributed by atoms with Crippen molar-refractivity contribution in [2.75, 3.05) is 0 Å². The molecule has 0 aliphatic carbocycles. The van der Waals surface area contributed by atoms with Crippen LogP contribution in [0.3, 0.4) is 0 Å². The first-order valence-electron chi connectivity index (χ1n) is 6.65. The molecule has 0 saturated carbocycles. The molecule has 1 aliphatic heterocycles. The number of halogens is 4. The second-order valence-electron chi connectivity index (χ2n) is 4.94. The molecule has 2 aromatic carbocycles. The summed E-state index contributed by atoms with van der Waals surface area (Å²) in [6.45, 7) is 0. The van der Waals surface area contributed by atoms with Crippen LogP contribution in [0.4, 0.5) is 24.5 Å². The quantitative estimate of drug-likeness (QED) is 0.762. The second kappa shape index (κ2) is 5.70. The van der Waals surface area contributed by atoms with Crippen molar-refractivity contribution < 1.29 is 18.3 Å². The highest BCUT2D eigenvalue weighted by Crippen LogP contribution is 2.36. The molecule has 0 unspecified atom stereocenters. The summed E-state index contributed by atoms with van der Waals surface area (Å²) in [6, 6.07) is 10.4. The van der Waals surface area contributed by atoms with Crippen molar-refractivity contribution in [3.05, 3.63) is 53.1 Å². The maximum absolute atomic E-state index is 13.2. The normalized spacial score (nSPS) is 14.6. The summed E-state index contributed by atoms with van der Waals surface area (Å²) < 4.78 is 39.6. The number of para-hydroxylation sites is 2. The largest absolute Gasteiger partial charge is 0.507 e. The summed E-state index contributed by atoms with van der Waals surface area (Å²) in [4.78, 5) is 7.96. The van der Waals surface area contributed by atoms with Gasteiger partial charge in [-0.2, -0.15) is 13.2 Å². The van der Waals surface area contributed by atoms with E-state index >= 15 is 0 Å². The van der Waals surface area contributed by atoms with Gasteiger partial charge < -0.3 is 5.11 Å². The third-order valence-corrected chi connectivity index (χ3v) is 3.56. The van der Waals surface area contributed by atoms with Gasteiger partial charge in [-0.05, 0) is 30.3 Å². The first-order chi connectivity index (χ1) is 10.8. The molecule has 0 radical (unpaired) electrons. The maximum Gasteiger partial charge on any atom is 0.429 e. The zero-order chi connectivity index (χ0) is 16.6. The predicted molar refractivity (Wildman–Crippen MR) is 83.5 cm³/mol. The van der Waals surface area contributed by atoms with E-state index in [9.17, 15) is 18.3 Å². The molecule has 0 atom stereocenters. The fraction of sp³-hybridized carbons (Fsp3) is 0.125. The van der Waals surface area contributed by atoms with Gasteiger partial charge in [-0.3, -0.25) is 4.99 Å².